The summed E-state index contributed by atoms with van der Waals surface area (Å²) in [6.07, 6.45) is 8.13. The van der Waals surface area contributed by atoms with Crippen LogP contribution in [0.15, 0.2) is 30.1 Å². The zero-order chi connectivity index (χ0) is 23.8. The summed E-state index contributed by atoms with van der Waals surface area (Å²) in [6.45, 7) is 2.30. The van der Waals surface area contributed by atoms with E-state index in [0.717, 1.165) is 48.3 Å². The number of amides is 2. The minimum Gasteiger partial charge on any atom is -0.366 e. The normalized spacial score (nSPS) is 27.5. The van der Waals surface area contributed by atoms with E-state index in [2.05, 4.69) is 29.2 Å². The number of nitrogens with zero attached hydrogens (tertiary/aromatic N) is 1. The first-order valence-corrected chi connectivity index (χ1v) is 13.1. The lowest BCUT2D eigenvalue weighted by atomic mass is 9.96. The summed E-state index contributed by atoms with van der Waals surface area (Å²) in [5, 5.41) is 2.60. The maximum Gasteiger partial charge on any atom is 0.262 e. The number of allylic oxidation sites excluding steroid dienone is 3. The molecule has 0 radical (unpaired) electrons. The molecular formula is C24H29ClN4O4S. The number of hydrazine groups is 1. The van der Waals surface area contributed by atoms with Gasteiger partial charge in [-0.05, 0) is 43.4 Å². The molecule has 2 saturated heterocycles. The summed E-state index contributed by atoms with van der Waals surface area (Å²) in [6, 6.07) is 2.39. The van der Waals surface area contributed by atoms with Crippen LogP contribution < -0.4 is 16.2 Å². The standard InChI is InChI=1S/C24H29ClN4O4S/c1-2-15-9-14(10-26-28-15)18-7-8-19(34-18)23(31)27-20(13-5-3-4-6-13)24(32)29-11-16(25)22-21(29)17(30)12-33-22/h7-10,13,16,20-22,26,28H,2-6,11-12H2,1H3,(H,27,31)/t16-,20-,21+,22+/m0/s1. The van der Waals surface area contributed by atoms with E-state index >= 15 is 0 Å². The van der Waals surface area contributed by atoms with Gasteiger partial charge in [-0.2, -0.15) is 0 Å². The molecule has 5 rings (SSSR count). The smallest absolute Gasteiger partial charge is 0.262 e. The van der Waals surface area contributed by atoms with Gasteiger partial charge in [0, 0.05) is 28.9 Å². The van der Waals surface area contributed by atoms with Gasteiger partial charge in [-0.1, -0.05) is 19.8 Å². The highest BCUT2D eigenvalue weighted by atomic mass is 35.5. The predicted octanol–water partition coefficient (Wildman–Crippen LogP) is 2.57. The van der Waals surface area contributed by atoms with Crippen LogP contribution in [0.1, 0.15) is 53.6 Å². The number of ether oxygens (including phenoxy) is 1. The fraction of sp³-hybridized carbons (Fsp3) is 0.542. The van der Waals surface area contributed by atoms with Crippen molar-refractivity contribution in [2.75, 3.05) is 13.2 Å². The third-order valence-corrected chi connectivity index (χ3v) is 8.63. The molecule has 4 aliphatic rings. The molecule has 0 bridgehead atoms. The number of carbonyl (C=O) groups excluding carboxylic acids is 3. The quantitative estimate of drug-likeness (QED) is 0.515. The maximum absolute atomic E-state index is 13.7. The molecule has 0 aromatic carbocycles. The number of rotatable bonds is 6. The highest BCUT2D eigenvalue weighted by molar-refractivity contribution is 7.15. The number of ketones is 1. The van der Waals surface area contributed by atoms with Gasteiger partial charge in [0.25, 0.3) is 5.91 Å². The third kappa shape index (κ3) is 4.36. The number of thiophene rings is 1. The topological polar surface area (TPSA) is 99.8 Å². The molecule has 3 aliphatic heterocycles. The molecule has 2 amide bonds. The van der Waals surface area contributed by atoms with Gasteiger partial charge >= 0.3 is 0 Å². The lowest BCUT2D eigenvalue weighted by molar-refractivity contribution is -0.139. The second kappa shape index (κ2) is 9.71. The molecule has 8 nitrogen and oxygen atoms in total. The number of hydrogen-bond donors (Lipinski definition) is 3. The van der Waals surface area contributed by atoms with Crippen molar-refractivity contribution in [2.45, 2.75) is 62.6 Å². The summed E-state index contributed by atoms with van der Waals surface area (Å²) in [4.78, 5) is 42.4. The van der Waals surface area contributed by atoms with Crippen LogP contribution in [-0.2, 0) is 14.3 Å². The van der Waals surface area contributed by atoms with Crippen molar-refractivity contribution in [2.24, 2.45) is 5.92 Å². The number of halogens is 1. The highest BCUT2D eigenvalue weighted by Crippen LogP contribution is 2.35. The van der Waals surface area contributed by atoms with Gasteiger partial charge in [0.05, 0.1) is 10.3 Å². The highest BCUT2D eigenvalue weighted by Gasteiger charge is 2.53. The first-order chi connectivity index (χ1) is 16.5. The molecule has 1 aliphatic carbocycles. The Bertz CT molecular complexity index is 1050. The predicted molar refractivity (Wildman–Crippen MR) is 130 cm³/mol. The van der Waals surface area contributed by atoms with Crippen LogP contribution in [0.2, 0.25) is 0 Å². The van der Waals surface area contributed by atoms with E-state index in [-0.39, 0.29) is 36.7 Å². The zero-order valence-electron chi connectivity index (χ0n) is 19.0. The lowest BCUT2D eigenvalue weighted by Crippen LogP contribution is -2.54. The minimum atomic E-state index is -0.678. The Morgan fingerprint density at radius 1 is 1.32 bits per heavy atom. The Labute approximate surface area is 207 Å². The SMILES string of the molecule is CCC1=CC(c2ccc(C(=O)N[C@H](C(=O)N3C[C@H](Cl)[C@H]4OCC(=O)[C@H]43)C3CCCC3)s2)=CNN1. The average Bonchev–Trinajstić information content (AvgIpc) is 3.64. The van der Waals surface area contributed by atoms with Crippen LogP contribution in [0.3, 0.4) is 0 Å². The zero-order valence-corrected chi connectivity index (χ0v) is 20.6. The molecular weight excluding hydrogens is 476 g/mol. The Balaban J connectivity index is 1.34. The van der Waals surface area contributed by atoms with E-state index in [4.69, 9.17) is 16.3 Å². The minimum absolute atomic E-state index is 0.0187. The van der Waals surface area contributed by atoms with Gasteiger partial charge in [-0.25, -0.2) is 0 Å². The van der Waals surface area contributed by atoms with Gasteiger partial charge in [0.2, 0.25) is 5.91 Å². The van der Waals surface area contributed by atoms with Crippen LogP contribution in [0, 0.1) is 5.92 Å². The van der Waals surface area contributed by atoms with Crippen molar-refractivity contribution in [1.82, 2.24) is 21.1 Å². The first kappa shape index (κ1) is 23.4. The number of carbonyl (C=O) groups is 3. The molecule has 1 aromatic rings. The summed E-state index contributed by atoms with van der Waals surface area (Å²) in [5.41, 5.74) is 8.20. The molecule has 10 heteroatoms. The molecule has 4 heterocycles. The fourth-order valence-electron chi connectivity index (χ4n) is 5.31. The molecule has 1 saturated carbocycles. The number of alkyl halides is 1. The molecule has 0 unspecified atom stereocenters. The van der Waals surface area contributed by atoms with Crippen LogP contribution in [-0.4, -0.2) is 59.2 Å². The monoisotopic (exact) mass is 504 g/mol. The van der Waals surface area contributed by atoms with E-state index < -0.39 is 23.6 Å². The van der Waals surface area contributed by atoms with Crippen molar-refractivity contribution >= 4 is 46.1 Å². The van der Waals surface area contributed by atoms with E-state index in [1.54, 1.807) is 11.0 Å². The molecule has 3 fully saturated rings. The molecule has 34 heavy (non-hydrogen) atoms. The van der Waals surface area contributed by atoms with Crippen molar-refractivity contribution < 1.29 is 19.1 Å². The van der Waals surface area contributed by atoms with Gasteiger partial charge in [0.15, 0.2) is 5.78 Å². The van der Waals surface area contributed by atoms with Crippen molar-refractivity contribution in [1.29, 1.82) is 0 Å². The van der Waals surface area contributed by atoms with Gasteiger partial charge in [0.1, 0.15) is 24.8 Å². The molecule has 182 valence electrons. The Morgan fingerprint density at radius 3 is 2.88 bits per heavy atom. The van der Waals surface area contributed by atoms with E-state index in [1.165, 1.54) is 11.3 Å². The van der Waals surface area contributed by atoms with E-state index in [9.17, 15) is 14.4 Å². The molecule has 1 aromatic heterocycles. The summed E-state index contributed by atoms with van der Waals surface area (Å²) < 4.78 is 5.53. The van der Waals surface area contributed by atoms with E-state index in [1.807, 2.05) is 12.3 Å². The summed E-state index contributed by atoms with van der Waals surface area (Å²) in [7, 11) is 0. The van der Waals surface area contributed by atoms with Gasteiger partial charge in [-0.15, -0.1) is 22.9 Å². The van der Waals surface area contributed by atoms with E-state index in [0.29, 0.717) is 4.88 Å². The van der Waals surface area contributed by atoms with Crippen molar-refractivity contribution in [3.8, 4) is 0 Å². The first-order valence-electron chi connectivity index (χ1n) is 11.9. The fourth-order valence-corrected chi connectivity index (χ4v) is 6.56. The Hall–Kier alpha value is -2.36. The van der Waals surface area contributed by atoms with Gasteiger partial charge < -0.3 is 25.8 Å². The third-order valence-electron chi connectivity index (χ3n) is 7.11. The number of hydrogen-bond acceptors (Lipinski definition) is 7. The Kier molecular flexibility index (Phi) is 6.68. The summed E-state index contributed by atoms with van der Waals surface area (Å²) in [5.74, 6) is -0.567. The molecule has 4 atom stereocenters. The largest absolute Gasteiger partial charge is 0.366 e. The number of nitrogens with one attached hydrogen (secondary N) is 3. The number of likely N-dealkylation sites (tertiary alicyclic amines) is 1. The summed E-state index contributed by atoms with van der Waals surface area (Å²) >= 11 is 7.80. The van der Waals surface area contributed by atoms with Crippen molar-refractivity contribution in [3.63, 3.8) is 0 Å². The van der Waals surface area contributed by atoms with Crippen molar-refractivity contribution in [3.05, 3.63) is 39.9 Å². The lowest BCUT2D eigenvalue weighted by Gasteiger charge is -2.30. The van der Waals surface area contributed by atoms with Crippen LogP contribution in [0.25, 0.3) is 5.57 Å². The molecule has 0 spiro atoms. The van der Waals surface area contributed by atoms with Gasteiger partial charge in [-0.3, -0.25) is 14.4 Å². The van der Waals surface area contributed by atoms with Crippen LogP contribution in [0.5, 0.6) is 0 Å². The number of fused-ring (bicyclic) bond motifs is 1. The number of Topliss-reactive ketones (excluding diaryl/α,β-unsaturated/α-hetero) is 1. The average molecular weight is 505 g/mol. The Morgan fingerprint density at radius 2 is 2.12 bits per heavy atom. The second-order valence-electron chi connectivity index (χ2n) is 9.25. The molecule has 3 N–H and O–H groups in total. The van der Waals surface area contributed by atoms with Crippen LogP contribution in [0.4, 0.5) is 0 Å². The maximum atomic E-state index is 13.7. The second-order valence-corrected chi connectivity index (χ2v) is 10.9. The van der Waals surface area contributed by atoms with Crippen LogP contribution >= 0.6 is 22.9 Å².